The first kappa shape index (κ1) is 20.2. The predicted molar refractivity (Wildman–Crippen MR) is 106 cm³/mol. The second-order valence-electron chi connectivity index (χ2n) is 6.33. The second-order valence-corrected chi connectivity index (χ2v) is 6.74. The number of non-ortho nitro benzene ring substituents is 1. The van der Waals surface area contributed by atoms with Crippen molar-refractivity contribution in [2.75, 3.05) is 0 Å². The maximum absolute atomic E-state index is 12.2. The van der Waals surface area contributed by atoms with Crippen molar-refractivity contribution in [2.24, 2.45) is 4.99 Å². The highest BCUT2D eigenvalue weighted by molar-refractivity contribution is 6.34. The molecule has 148 valence electrons. The van der Waals surface area contributed by atoms with E-state index in [1.165, 1.54) is 31.2 Å². The van der Waals surface area contributed by atoms with Gasteiger partial charge in [0, 0.05) is 19.1 Å². The van der Waals surface area contributed by atoms with Crippen molar-refractivity contribution >= 4 is 41.2 Å². The first-order chi connectivity index (χ1) is 13.7. The molecule has 0 fully saturated rings. The van der Waals surface area contributed by atoms with E-state index < -0.39 is 16.9 Å². The number of nitro groups is 1. The summed E-state index contributed by atoms with van der Waals surface area (Å²) < 4.78 is 10.3. The molecule has 0 spiro atoms. The molecule has 0 aliphatic carbocycles. The fourth-order valence-electron chi connectivity index (χ4n) is 2.84. The Morgan fingerprint density at radius 3 is 2.48 bits per heavy atom. The monoisotopic (exact) mass is 414 g/mol. The number of carbonyl (C=O) groups is 2. The largest absolute Gasteiger partial charge is 0.426 e. The summed E-state index contributed by atoms with van der Waals surface area (Å²) in [5.41, 5.74) is 2.04. The third-order valence-electron chi connectivity index (χ3n) is 4.04. The summed E-state index contributed by atoms with van der Waals surface area (Å²) in [5, 5.41) is 11.1. The summed E-state index contributed by atoms with van der Waals surface area (Å²) >= 11 is 6.08. The van der Waals surface area contributed by atoms with Crippen molar-refractivity contribution in [3.8, 4) is 5.75 Å². The lowest BCUT2D eigenvalue weighted by Crippen LogP contribution is -2.06. The number of cyclic esters (lactones) is 1. The number of halogens is 1. The number of esters is 2. The average Bonchev–Trinajstić information content (AvgIpc) is 2.98. The Morgan fingerprint density at radius 2 is 1.90 bits per heavy atom. The number of aliphatic imine (C=N–C) groups is 1. The van der Waals surface area contributed by atoms with E-state index in [0.29, 0.717) is 22.4 Å². The molecule has 2 aromatic rings. The van der Waals surface area contributed by atoms with Crippen molar-refractivity contribution in [1.29, 1.82) is 0 Å². The number of rotatable bonds is 4. The molecule has 1 heterocycles. The lowest BCUT2D eigenvalue weighted by molar-refractivity contribution is -0.384. The van der Waals surface area contributed by atoms with Gasteiger partial charge in [-0.15, -0.1) is 0 Å². The van der Waals surface area contributed by atoms with E-state index in [0.717, 1.165) is 0 Å². The third-order valence-corrected chi connectivity index (χ3v) is 4.37. The van der Waals surface area contributed by atoms with E-state index in [-0.39, 0.29) is 27.9 Å². The molecule has 0 bridgehead atoms. The van der Waals surface area contributed by atoms with Crippen LogP contribution in [-0.4, -0.2) is 22.8 Å². The van der Waals surface area contributed by atoms with Gasteiger partial charge in [0.25, 0.3) is 5.69 Å². The van der Waals surface area contributed by atoms with Gasteiger partial charge in [0.05, 0.1) is 15.5 Å². The molecule has 8 nitrogen and oxygen atoms in total. The van der Waals surface area contributed by atoms with Crippen molar-refractivity contribution in [2.45, 2.75) is 20.8 Å². The Morgan fingerprint density at radius 1 is 1.24 bits per heavy atom. The summed E-state index contributed by atoms with van der Waals surface area (Å²) in [6.07, 6.45) is 1.51. The van der Waals surface area contributed by atoms with Crippen LogP contribution in [0.15, 0.2) is 41.0 Å². The zero-order valence-corrected chi connectivity index (χ0v) is 16.4. The number of hydrogen-bond acceptors (Lipinski definition) is 7. The lowest BCUT2D eigenvalue weighted by Gasteiger charge is -2.10. The van der Waals surface area contributed by atoms with Crippen LogP contribution >= 0.6 is 11.6 Å². The zero-order valence-electron chi connectivity index (χ0n) is 15.7. The van der Waals surface area contributed by atoms with Gasteiger partial charge in [0.1, 0.15) is 5.75 Å². The smallest absolute Gasteiger partial charge is 0.363 e. The van der Waals surface area contributed by atoms with E-state index in [1.807, 2.05) is 0 Å². The van der Waals surface area contributed by atoms with E-state index in [2.05, 4.69) is 4.99 Å². The molecule has 29 heavy (non-hydrogen) atoms. The van der Waals surface area contributed by atoms with Crippen LogP contribution in [0.1, 0.15) is 29.2 Å². The topological polar surface area (TPSA) is 108 Å². The molecular weight excluding hydrogens is 400 g/mol. The molecule has 0 saturated heterocycles. The van der Waals surface area contributed by atoms with Crippen LogP contribution in [0.4, 0.5) is 5.69 Å². The van der Waals surface area contributed by atoms with Crippen LogP contribution < -0.4 is 4.74 Å². The highest BCUT2D eigenvalue weighted by Crippen LogP contribution is 2.29. The third kappa shape index (κ3) is 4.33. The molecule has 0 aromatic heterocycles. The summed E-state index contributed by atoms with van der Waals surface area (Å²) in [5.74, 6) is -0.784. The summed E-state index contributed by atoms with van der Waals surface area (Å²) in [7, 11) is 0. The Hall–Kier alpha value is -3.52. The molecule has 1 aliphatic rings. The van der Waals surface area contributed by atoms with Crippen LogP contribution in [0.2, 0.25) is 5.02 Å². The van der Waals surface area contributed by atoms with Gasteiger partial charge >= 0.3 is 11.9 Å². The van der Waals surface area contributed by atoms with Gasteiger partial charge in [0.2, 0.25) is 5.90 Å². The van der Waals surface area contributed by atoms with E-state index in [9.17, 15) is 19.7 Å². The van der Waals surface area contributed by atoms with Crippen LogP contribution in [0.5, 0.6) is 5.75 Å². The van der Waals surface area contributed by atoms with Gasteiger partial charge < -0.3 is 9.47 Å². The molecule has 3 rings (SSSR count). The molecule has 0 N–H and O–H groups in total. The van der Waals surface area contributed by atoms with Gasteiger partial charge in [-0.2, -0.15) is 0 Å². The van der Waals surface area contributed by atoms with E-state index >= 15 is 0 Å². The normalized spacial score (nSPS) is 14.6. The molecule has 1 aliphatic heterocycles. The molecule has 0 amide bonds. The molecule has 2 aromatic carbocycles. The second kappa shape index (κ2) is 7.84. The number of nitro benzene ring substituents is 1. The minimum atomic E-state index is -0.707. The quantitative estimate of drug-likeness (QED) is 0.244. The molecule has 0 atom stereocenters. The van der Waals surface area contributed by atoms with Crippen molar-refractivity contribution in [3.05, 3.63) is 73.4 Å². The Bertz CT molecular complexity index is 1100. The summed E-state index contributed by atoms with van der Waals surface area (Å²) in [6.45, 7) is 4.87. The highest BCUT2D eigenvalue weighted by Gasteiger charge is 2.27. The summed E-state index contributed by atoms with van der Waals surface area (Å²) in [6, 6.07) is 7.25. The number of ether oxygens (including phenoxy) is 2. The standard InChI is InChI=1S/C20H15ClN2O6/c1-10-6-13(7-11(2)18(10)28-12(3)24)8-17-20(25)29-19(22-17)15-9-14(23(26)27)4-5-16(15)21/h4-9H,1-3H3/b17-8-. The van der Waals surface area contributed by atoms with E-state index in [1.54, 1.807) is 26.0 Å². The number of benzene rings is 2. The van der Waals surface area contributed by atoms with Crippen LogP contribution in [0, 0.1) is 24.0 Å². The van der Waals surface area contributed by atoms with Gasteiger partial charge in [-0.25, -0.2) is 9.79 Å². The molecule has 0 saturated carbocycles. The highest BCUT2D eigenvalue weighted by atomic mass is 35.5. The number of hydrogen-bond donors (Lipinski definition) is 0. The van der Waals surface area contributed by atoms with Gasteiger partial charge in [-0.3, -0.25) is 14.9 Å². The van der Waals surface area contributed by atoms with Crippen LogP contribution in [0.3, 0.4) is 0 Å². The number of aryl methyl sites for hydroxylation is 2. The van der Waals surface area contributed by atoms with Crippen molar-refractivity contribution < 1.29 is 24.0 Å². The molecule has 0 radical (unpaired) electrons. The van der Waals surface area contributed by atoms with Crippen molar-refractivity contribution in [3.63, 3.8) is 0 Å². The molecule has 0 unspecified atom stereocenters. The minimum Gasteiger partial charge on any atom is -0.426 e. The fourth-order valence-corrected chi connectivity index (χ4v) is 3.04. The lowest BCUT2D eigenvalue weighted by atomic mass is 10.0. The first-order valence-corrected chi connectivity index (χ1v) is 8.80. The summed E-state index contributed by atoms with van der Waals surface area (Å²) in [4.78, 5) is 38.0. The maximum Gasteiger partial charge on any atom is 0.363 e. The van der Waals surface area contributed by atoms with Crippen molar-refractivity contribution in [1.82, 2.24) is 0 Å². The SMILES string of the molecule is CC(=O)Oc1c(C)cc(/C=C2\N=C(c3cc([N+](=O)[O-])ccc3Cl)OC2=O)cc1C. The molecule has 9 heteroatoms. The van der Waals surface area contributed by atoms with Gasteiger partial charge in [0.15, 0.2) is 5.70 Å². The maximum atomic E-state index is 12.2. The minimum absolute atomic E-state index is 0.0154. The first-order valence-electron chi connectivity index (χ1n) is 8.42. The van der Waals surface area contributed by atoms with E-state index in [4.69, 9.17) is 21.1 Å². The Kier molecular flexibility index (Phi) is 5.47. The number of nitrogens with zero attached hydrogens (tertiary/aromatic N) is 2. The van der Waals surface area contributed by atoms with Gasteiger partial charge in [-0.1, -0.05) is 11.6 Å². The Labute approximate surface area is 170 Å². The Balaban J connectivity index is 1.99. The zero-order chi connectivity index (χ0) is 21.3. The van der Waals surface area contributed by atoms with Gasteiger partial charge in [-0.05, 0) is 54.8 Å². The predicted octanol–water partition coefficient (Wildman–Crippen LogP) is 4.13. The fraction of sp³-hybridized carbons (Fsp3) is 0.150. The average molecular weight is 415 g/mol. The molecular formula is C20H15ClN2O6. The van der Waals surface area contributed by atoms with Crippen LogP contribution in [-0.2, 0) is 14.3 Å². The number of carbonyl (C=O) groups excluding carboxylic acids is 2. The van der Waals surface area contributed by atoms with Crippen LogP contribution in [0.25, 0.3) is 6.08 Å².